The first-order valence-electron chi connectivity index (χ1n) is 8.05. The SMILES string of the molecule is CCCNCCNC(=O)c1cnn(-c2cccc(C(F)(F)F)c2)c1C.Cl. The van der Waals surface area contributed by atoms with E-state index in [4.69, 9.17) is 0 Å². The summed E-state index contributed by atoms with van der Waals surface area (Å²) in [5.74, 6) is -0.297. The summed E-state index contributed by atoms with van der Waals surface area (Å²) in [5, 5.41) is 9.99. The molecule has 0 fully saturated rings. The number of benzene rings is 1. The Morgan fingerprint density at radius 2 is 1.96 bits per heavy atom. The molecule has 5 nitrogen and oxygen atoms in total. The maximum absolute atomic E-state index is 12.8. The highest BCUT2D eigenvalue weighted by molar-refractivity contribution is 5.95. The lowest BCUT2D eigenvalue weighted by molar-refractivity contribution is -0.137. The number of rotatable bonds is 7. The van der Waals surface area contributed by atoms with Gasteiger partial charge in [-0.1, -0.05) is 13.0 Å². The minimum absolute atomic E-state index is 0. The van der Waals surface area contributed by atoms with Gasteiger partial charge in [0, 0.05) is 13.1 Å². The third-order valence-electron chi connectivity index (χ3n) is 3.69. The lowest BCUT2D eigenvalue weighted by Gasteiger charge is -2.10. The number of amides is 1. The highest BCUT2D eigenvalue weighted by Gasteiger charge is 2.30. The van der Waals surface area contributed by atoms with Gasteiger partial charge in [-0.3, -0.25) is 4.79 Å². The summed E-state index contributed by atoms with van der Waals surface area (Å²) in [6, 6.07) is 4.85. The van der Waals surface area contributed by atoms with Crippen LogP contribution in [0.1, 0.15) is 35.0 Å². The van der Waals surface area contributed by atoms with Crippen LogP contribution in [0.2, 0.25) is 0 Å². The van der Waals surface area contributed by atoms with Crippen molar-refractivity contribution in [1.29, 1.82) is 0 Å². The molecule has 0 unspecified atom stereocenters. The quantitative estimate of drug-likeness (QED) is 0.713. The summed E-state index contributed by atoms with van der Waals surface area (Å²) < 4.78 is 39.9. The van der Waals surface area contributed by atoms with Gasteiger partial charge in [0.15, 0.2) is 0 Å². The molecule has 0 radical (unpaired) electrons. The van der Waals surface area contributed by atoms with Gasteiger partial charge >= 0.3 is 6.18 Å². The zero-order chi connectivity index (χ0) is 18.4. The fourth-order valence-electron chi connectivity index (χ4n) is 2.37. The highest BCUT2D eigenvalue weighted by atomic mass is 35.5. The lowest BCUT2D eigenvalue weighted by atomic mass is 10.2. The largest absolute Gasteiger partial charge is 0.416 e. The Balaban J connectivity index is 0.00000338. The number of hydrogen-bond acceptors (Lipinski definition) is 3. The zero-order valence-corrected chi connectivity index (χ0v) is 15.4. The number of hydrogen-bond donors (Lipinski definition) is 2. The van der Waals surface area contributed by atoms with Crippen molar-refractivity contribution in [3.05, 3.63) is 47.3 Å². The van der Waals surface area contributed by atoms with E-state index in [1.165, 1.54) is 23.0 Å². The topological polar surface area (TPSA) is 58.9 Å². The van der Waals surface area contributed by atoms with E-state index in [9.17, 15) is 18.0 Å². The summed E-state index contributed by atoms with van der Waals surface area (Å²) in [6.07, 6.45) is -2.05. The molecule has 2 N–H and O–H groups in total. The second-order valence-electron chi connectivity index (χ2n) is 5.61. The van der Waals surface area contributed by atoms with Crippen molar-refractivity contribution in [2.75, 3.05) is 19.6 Å². The van der Waals surface area contributed by atoms with Gasteiger partial charge < -0.3 is 10.6 Å². The number of alkyl halides is 3. The minimum atomic E-state index is -4.43. The van der Waals surface area contributed by atoms with E-state index >= 15 is 0 Å². The lowest BCUT2D eigenvalue weighted by Crippen LogP contribution is -2.32. The van der Waals surface area contributed by atoms with E-state index in [1.807, 2.05) is 0 Å². The Morgan fingerprint density at radius 1 is 1.23 bits per heavy atom. The molecule has 26 heavy (non-hydrogen) atoms. The molecule has 0 aliphatic carbocycles. The standard InChI is InChI=1S/C17H21F3N4O.ClH/c1-3-7-21-8-9-22-16(25)15-11-23-24(12(15)2)14-6-4-5-13(10-14)17(18,19)20;/h4-6,10-11,21H,3,7-9H2,1-2H3,(H,22,25);1H. The van der Waals surface area contributed by atoms with Crippen LogP contribution in [-0.2, 0) is 6.18 Å². The summed E-state index contributed by atoms with van der Waals surface area (Å²) in [6.45, 7) is 5.70. The van der Waals surface area contributed by atoms with E-state index in [-0.39, 0.29) is 24.0 Å². The van der Waals surface area contributed by atoms with Crippen molar-refractivity contribution in [2.24, 2.45) is 0 Å². The zero-order valence-electron chi connectivity index (χ0n) is 14.6. The molecule has 9 heteroatoms. The summed E-state index contributed by atoms with van der Waals surface area (Å²) in [7, 11) is 0. The molecule has 144 valence electrons. The number of aromatic nitrogens is 2. The maximum atomic E-state index is 12.8. The monoisotopic (exact) mass is 390 g/mol. The van der Waals surface area contributed by atoms with E-state index in [0.717, 1.165) is 25.1 Å². The Morgan fingerprint density at radius 3 is 2.62 bits per heavy atom. The van der Waals surface area contributed by atoms with Gasteiger partial charge in [-0.25, -0.2) is 4.68 Å². The summed E-state index contributed by atoms with van der Waals surface area (Å²) >= 11 is 0. The average molecular weight is 391 g/mol. The number of halogens is 4. The maximum Gasteiger partial charge on any atom is 0.416 e. The molecule has 0 saturated carbocycles. The molecular formula is C17H22ClF3N4O. The fraction of sp³-hybridized carbons (Fsp3) is 0.412. The smallest absolute Gasteiger partial charge is 0.351 e. The predicted octanol–water partition coefficient (Wildman–Crippen LogP) is 3.35. The molecule has 2 aromatic rings. The van der Waals surface area contributed by atoms with Gasteiger partial charge in [0.25, 0.3) is 5.91 Å². The van der Waals surface area contributed by atoms with E-state index < -0.39 is 11.7 Å². The van der Waals surface area contributed by atoms with E-state index in [1.54, 1.807) is 6.92 Å². The highest BCUT2D eigenvalue weighted by Crippen LogP contribution is 2.30. The third kappa shape index (κ3) is 5.47. The summed E-state index contributed by atoms with van der Waals surface area (Å²) in [5.41, 5.74) is 0.329. The van der Waals surface area contributed by atoms with Crippen molar-refractivity contribution in [1.82, 2.24) is 20.4 Å². The predicted molar refractivity (Wildman–Crippen MR) is 96.0 cm³/mol. The number of nitrogens with zero attached hydrogens (tertiary/aromatic N) is 2. The first-order chi connectivity index (χ1) is 11.8. The van der Waals surface area contributed by atoms with E-state index in [2.05, 4.69) is 22.7 Å². The van der Waals surface area contributed by atoms with Crippen molar-refractivity contribution in [3.8, 4) is 5.69 Å². The molecule has 0 aliphatic heterocycles. The van der Waals surface area contributed by atoms with Crippen LogP contribution in [0.5, 0.6) is 0 Å². The third-order valence-corrected chi connectivity index (χ3v) is 3.69. The second kappa shape index (κ2) is 9.59. The number of nitrogens with one attached hydrogen (secondary N) is 2. The molecule has 0 spiro atoms. The normalized spacial score (nSPS) is 11.1. The average Bonchev–Trinajstić information content (AvgIpc) is 2.95. The molecular weight excluding hydrogens is 369 g/mol. The van der Waals surface area contributed by atoms with Crippen LogP contribution in [0.15, 0.2) is 30.5 Å². The molecule has 2 rings (SSSR count). The molecule has 1 aromatic carbocycles. The first-order valence-corrected chi connectivity index (χ1v) is 8.05. The van der Waals surface area contributed by atoms with Crippen molar-refractivity contribution >= 4 is 18.3 Å². The van der Waals surface area contributed by atoms with Gasteiger partial charge in [0.05, 0.1) is 28.7 Å². The van der Waals surface area contributed by atoms with Crippen molar-refractivity contribution in [2.45, 2.75) is 26.4 Å². The van der Waals surface area contributed by atoms with Gasteiger partial charge in [-0.15, -0.1) is 12.4 Å². The van der Waals surface area contributed by atoms with Crippen LogP contribution in [0, 0.1) is 6.92 Å². The van der Waals surface area contributed by atoms with Crippen molar-refractivity contribution in [3.63, 3.8) is 0 Å². The van der Waals surface area contributed by atoms with Crippen LogP contribution in [0.25, 0.3) is 5.69 Å². The van der Waals surface area contributed by atoms with Gasteiger partial charge in [-0.05, 0) is 38.1 Å². The molecule has 0 atom stereocenters. The molecule has 0 aliphatic rings. The molecule has 0 bridgehead atoms. The van der Waals surface area contributed by atoms with Crippen LogP contribution < -0.4 is 10.6 Å². The minimum Gasteiger partial charge on any atom is -0.351 e. The Kier molecular flexibility index (Phi) is 8.10. The number of carbonyl (C=O) groups is 1. The van der Waals surface area contributed by atoms with Crippen molar-refractivity contribution < 1.29 is 18.0 Å². The second-order valence-corrected chi connectivity index (χ2v) is 5.61. The Bertz CT molecular complexity index is 731. The van der Waals surface area contributed by atoms with Gasteiger partial charge in [0.1, 0.15) is 0 Å². The number of carbonyl (C=O) groups excluding carboxylic acids is 1. The van der Waals surface area contributed by atoms with Crippen LogP contribution >= 0.6 is 12.4 Å². The van der Waals surface area contributed by atoms with Gasteiger partial charge in [-0.2, -0.15) is 18.3 Å². The molecule has 1 aromatic heterocycles. The first kappa shape index (κ1) is 22.0. The summed E-state index contributed by atoms with van der Waals surface area (Å²) in [4.78, 5) is 12.2. The van der Waals surface area contributed by atoms with Crippen LogP contribution in [-0.4, -0.2) is 35.3 Å². The fourth-order valence-corrected chi connectivity index (χ4v) is 2.37. The Hall–Kier alpha value is -2.06. The van der Waals surface area contributed by atoms with Crippen LogP contribution in [0.3, 0.4) is 0 Å². The molecule has 1 heterocycles. The van der Waals surface area contributed by atoms with E-state index in [0.29, 0.717) is 24.3 Å². The molecule has 1 amide bonds. The van der Waals surface area contributed by atoms with Gasteiger partial charge in [0.2, 0.25) is 0 Å². The van der Waals surface area contributed by atoms with Crippen LogP contribution in [0.4, 0.5) is 13.2 Å². The Labute approximate surface area is 156 Å². The molecule has 0 saturated heterocycles.